The zero-order chi connectivity index (χ0) is 15.9. The van der Waals surface area contributed by atoms with E-state index >= 15 is 0 Å². The normalized spacial score (nSPS) is 22.3. The monoisotopic (exact) mass is 313 g/mol. The highest BCUT2D eigenvalue weighted by Crippen LogP contribution is 2.42. The molecule has 0 unspecified atom stereocenters. The number of nitrogens with zero attached hydrogens (tertiary/aromatic N) is 5. The van der Waals surface area contributed by atoms with Crippen molar-refractivity contribution in [3.8, 4) is 0 Å². The van der Waals surface area contributed by atoms with Crippen molar-refractivity contribution >= 4 is 5.91 Å². The van der Waals surface area contributed by atoms with E-state index < -0.39 is 0 Å². The molecule has 0 bridgehead atoms. The molecule has 0 saturated carbocycles. The minimum Gasteiger partial charge on any atom is -0.377 e. The third-order valence-electron chi connectivity index (χ3n) is 4.74. The summed E-state index contributed by atoms with van der Waals surface area (Å²) in [5.41, 5.74) is 1.85. The summed E-state index contributed by atoms with van der Waals surface area (Å²) in [6, 6.07) is 1.76. The molecule has 1 amide bonds. The number of ether oxygens (including phenoxy) is 1. The molecule has 23 heavy (non-hydrogen) atoms. The Hall–Kier alpha value is -2.28. The minimum atomic E-state index is 0.0514. The molecular weight excluding hydrogens is 294 g/mol. The van der Waals surface area contributed by atoms with Gasteiger partial charge in [-0.1, -0.05) is 0 Å². The number of carbonyl (C=O) groups excluding carboxylic acids is 1. The summed E-state index contributed by atoms with van der Waals surface area (Å²) in [5, 5.41) is 4.06. The van der Waals surface area contributed by atoms with Crippen LogP contribution < -0.4 is 0 Å². The molecular formula is C16H19N5O2. The average Bonchev–Trinajstić information content (AvgIpc) is 3.13. The summed E-state index contributed by atoms with van der Waals surface area (Å²) in [5.74, 6) is 0.0514. The summed E-state index contributed by atoms with van der Waals surface area (Å²) in [6.45, 7) is 2.25. The van der Waals surface area contributed by atoms with E-state index in [1.807, 2.05) is 17.3 Å². The van der Waals surface area contributed by atoms with Gasteiger partial charge in [0.05, 0.1) is 12.7 Å². The van der Waals surface area contributed by atoms with E-state index in [1.54, 1.807) is 24.0 Å². The van der Waals surface area contributed by atoms with E-state index in [0.717, 1.165) is 38.1 Å². The van der Waals surface area contributed by atoms with Crippen LogP contribution in [0, 0.1) is 5.41 Å². The molecule has 2 aromatic heterocycles. The summed E-state index contributed by atoms with van der Waals surface area (Å²) >= 11 is 0. The first-order valence-corrected chi connectivity index (χ1v) is 7.78. The van der Waals surface area contributed by atoms with Crippen molar-refractivity contribution in [2.45, 2.75) is 18.9 Å². The van der Waals surface area contributed by atoms with Crippen LogP contribution in [0.4, 0.5) is 0 Å². The van der Waals surface area contributed by atoms with Crippen molar-refractivity contribution in [3.05, 3.63) is 42.2 Å². The fourth-order valence-corrected chi connectivity index (χ4v) is 3.60. The van der Waals surface area contributed by atoms with Gasteiger partial charge in [-0.3, -0.25) is 9.48 Å². The van der Waals surface area contributed by atoms with Gasteiger partial charge in [0.25, 0.3) is 5.91 Å². The van der Waals surface area contributed by atoms with E-state index in [2.05, 4.69) is 15.1 Å². The van der Waals surface area contributed by atoms with Crippen molar-refractivity contribution in [1.29, 1.82) is 0 Å². The lowest BCUT2D eigenvalue weighted by atomic mass is 9.77. The highest BCUT2D eigenvalue weighted by molar-refractivity contribution is 5.93. The second kappa shape index (κ2) is 5.42. The van der Waals surface area contributed by atoms with E-state index in [-0.39, 0.29) is 17.4 Å². The second-order valence-electron chi connectivity index (χ2n) is 6.59. The third kappa shape index (κ3) is 2.61. The Labute approximate surface area is 134 Å². The zero-order valence-electron chi connectivity index (χ0n) is 13.1. The molecule has 120 valence electrons. The number of aryl methyl sites for hydroxylation is 1. The second-order valence-corrected chi connectivity index (χ2v) is 6.59. The zero-order valence-corrected chi connectivity index (χ0v) is 13.1. The van der Waals surface area contributed by atoms with Crippen molar-refractivity contribution in [2.75, 3.05) is 19.7 Å². The fraction of sp³-hybridized carbons (Fsp3) is 0.500. The molecule has 4 rings (SSSR count). The number of amides is 1. The molecule has 2 aliphatic rings. The maximum absolute atomic E-state index is 12.4. The molecule has 2 fully saturated rings. The maximum atomic E-state index is 12.4. The molecule has 2 aromatic rings. The van der Waals surface area contributed by atoms with E-state index in [1.165, 1.54) is 6.33 Å². The van der Waals surface area contributed by atoms with Crippen molar-refractivity contribution in [3.63, 3.8) is 0 Å². The average molecular weight is 313 g/mol. The third-order valence-corrected chi connectivity index (χ3v) is 4.74. The number of aromatic nitrogens is 4. The first kappa shape index (κ1) is 14.3. The van der Waals surface area contributed by atoms with Gasteiger partial charge in [-0.05, 0) is 18.1 Å². The number of carbonyl (C=O) groups is 1. The van der Waals surface area contributed by atoms with Gasteiger partial charge in [-0.15, -0.1) is 0 Å². The molecule has 2 saturated heterocycles. The van der Waals surface area contributed by atoms with E-state index in [9.17, 15) is 4.79 Å². The Bertz CT molecular complexity index is 708. The predicted molar refractivity (Wildman–Crippen MR) is 81.6 cm³/mol. The van der Waals surface area contributed by atoms with E-state index in [4.69, 9.17) is 4.74 Å². The maximum Gasteiger partial charge on any atom is 0.272 e. The Morgan fingerprint density at radius 1 is 1.39 bits per heavy atom. The molecule has 0 aliphatic carbocycles. The van der Waals surface area contributed by atoms with Crippen LogP contribution in [0.2, 0.25) is 0 Å². The van der Waals surface area contributed by atoms with Gasteiger partial charge >= 0.3 is 0 Å². The lowest BCUT2D eigenvalue weighted by molar-refractivity contribution is -0.00203. The van der Waals surface area contributed by atoms with Gasteiger partial charge in [0, 0.05) is 50.6 Å². The van der Waals surface area contributed by atoms with Crippen LogP contribution in [0.5, 0.6) is 0 Å². The first-order chi connectivity index (χ1) is 11.2. The quantitative estimate of drug-likeness (QED) is 0.833. The van der Waals surface area contributed by atoms with Crippen LogP contribution >= 0.6 is 0 Å². The predicted octanol–water partition coefficient (Wildman–Crippen LogP) is 0.684. The highest BCUT2D eigenvalue weighted by Gasteiger charge is 2.50. The highest BCUT2D eigenvalue weighted by atomic mass is 16.5. The Morgan fingerprint density at radius 3 is 2.87 bits per heavy atom. The van der Waals surface area contributed by atoms with Gasteiger partial charge < -0.3 is 9.64 Å². The SMILES string of the molecule is Cn1nccc1C(=O)N1CC2(CO[C@H](Cc3cncnc3)C2)C1. The molecule has 1 atom stereocenters. The smallest absolute Gasteiger partial charge is 0.272 e. The van der Waals surface area contributed by atoms with Crippen LogP contribution in [0.1, 0.15) is 22.5 Å². The van der Waals surface area contributed by atoms with Crippen molar-refractivity contribution in [1.82, 2.24) is 24.6 Å². The first-order valence-electron chi connectivity index (χ1n) is 7.78. The Morgan fingerprint density at radius 2 is 2.17 bits per heavy atom. The van der Waals surface area contributed by atoms with Crippen LogP contribution in [0.15, 0.2) is 31.0 Å². The molecule has 0 aromatic carbocycles. The summed E-state index contributed by atoms with van der Waals surface area (Å²) in [7, 11) is 1.79. The number of likely N-dealkylation sites (tertiary alicyclic amines) is 1. The Balaban J connectivity index is 1.35. The number of rotatable bonds is 3. The van der Waals surface area contributed by atoms with Crippen LogP contribution in [-0.2, 0) is 18.2 Å². The molecule has 1 spiro atoms. The fourth-order valence-electron chi connectivity index (χ4n) is 3.60. The molecule has 0 radical (unpaired) electrons. The molecule has 7 nitrogen and oxygen atoms in total. The van der Waals surface area contributed by atoms with Crippen LogP contribution in [0.3, 0.4) is 0 Å². The molecule has 0 N–H and O–H groups in total. The topological polar surface area (TPSA) is 73.1 Å². The van der Waals surface area contributed by atoms with Gasteiger partial charge in [-0.25, -0.2) is 9.97 Å². The van der Waals surface area contributed by atoms with Gasteiger partial charge in [0.2, 0.25) is 0 Å². The van der Waals surface area contributed by atoms with E-state index in [0.29, 0.717) is 5.69 Å². The van der Waals surface area contributed by atoms with Crippen molar-refractivity contribution in [2.24, 2.45) is 12.5 Å². The summed E-state index contributed by atoms with van der Waals surface area (Å²) < 4.78 is 7.57. The Kier molecular flexibility index (Phi) is 3.37. The number of hydrogen-bond acceptors (Lipinski definition) is 5. The van der Waals surface area contributed by atoms with Gasteiger partial charge in [0.1, 0.15) is 12.0 Å². The molecule has 2 aliphatic heterocycles. The largest absolute Gasteiger partial charge is 0.377 e. The summed E-state index contributed by atoms with van der Waals surface area (Å²) in [6.07, 6.45) is 8.86. The summed E-state index contributed by atoms with van der Waals surface area (Å²) in [4.78, 5) is 22.4. The number of hydrogen-bond donors (Lipinski definition) is 0. The molecule has 4 heterocycles. The van der Waals surface area contributed by atoms with Crippen LogP contribution in [0.25, 0.3) is 0 Å². The lowest BCUT2D eigenvalue weighted by Gasteiger charge is -2.47. The lowest BCUT2D eigenvalue weighted by Crippen LogP contribution is -2.59. The van der Waals surface area contributed by atoms with Gasteiger partial charge in [-0.2, -0.15) is 5.10 Å². The minimum absolute atomic E-state index is 0.0514. The molecule has 7 heteroatoms. The van der Waals surface area contributed by atoms with Crippen molar-refractivity contribution < 1.29 is 9.53 Å². The standard InChI is InChI=1S/C16H19N5O2/c1-20-14(2-3-19-20)15(22)21-8-16(9-21)5-13(23-10-16)4-12-6-17-11-18-7-12/h2-3,6-7,11,13H,4-5,8-10H2,1H3/t13-/m1/s1. The van der Waals surface area contributed by atoms with Gasteiger partial charge in [0.15, 0.2) is 0 Å². The van der Waals surface area contributed by atoms with Crippen LogP contribution in [-0.4, -0.2) is 56.4 Å².